The van der Waals surface area contributed by atoms with Crippen LogP contribution in [0.3, 0.4) is 0 Å². The second kappa shape index (κ2) is 9.69. The second-order valence-electron chi connectivity index (χ2n) is 8.58. The minimum absolute atomic E-state index is 0.0621. The number of thioether (sulfide) groups is 1. The van der Waals surface area contributed by atoms with E-state index < -0.39 is 6.04 Å². The quantitative estimate of drug-likeness (QED) is 0.649. The maximum Gasteiger partial charge on any atom is 0.259 e. The minimum atomic E-state index is -0.726. The highest BCUT2D eigenvalue weighted by atomic mass is 35.5. The molecule has 2 aromatic rings. The standard InChI is InChI=1S/C25H25ClN4O2S/c26-17-12-10-16(11-13-17)15-33-25-29-20-9-5-4-8-19(20)23-28-21(24(32)30(23)25)14-22(31)27-18-6-2-1-3-7-18/h4-5,8-13,18,21H,1-3,6-7,14-15H2,(H,27,31)/t21-/m0/s1. The van der Waals surface area contributed by atoms with Crippen molar-refractivity contribution in [2.75, 3.05) is 0 Å². The number of halogens is 1. The van der Waals surface area contributed by atoms with Gasteiger partial charge in [-0.2, -0.15) is 0 Å². The van der Waals surface area contributed by atoms with E-state index in [0.29, 0.717) is 21.8 Å². The van der Waals surface area contributed by atoms with Gasteiger partial charge in [0.15, 0.2) is 5.17 Å². The summed E-state index contributed by atoms with van der Waals surface area (Å²) in [7, 11) is 0. The molecule has 0 aromatic heterocycles. The molecule has 1 atom stereocenters. The summed E-state index contributed by atoms with van der Waals surface area (Å²) in [6.07, 6.45) is 5.60. The molecule has 6 nitrogen and oxygen atoms in total. The second-order valence-corrected chi connectivity index (χ2v) is 9.95. The van der Waals surface area contributed by atoms with Crippen molar-refractivity contribution in [1.82, 2.24) is 10.2 Å². The maximum absolute atomic E-state index is 13.4. The molecule has 0 saturated heterocycles. The van der Waals surface area contributed by atoms with E-state index in [-0.39, 0.29) is 24.3 Å². The smallest absolute Gasteiger partial charge is 0.259 e. The molecule has 2 aliphatic heterocycles. The molecule has 2 aromatic carbocycles. The van der Waals surface area contributed by atoms with Crippen molar-refractivity contribution < 1.29 is 9.59 Å². The number of nitrogens with one attached hydrogen (secondary N) is 1. The lowest BCUT2D eigenvalue weighted by Crippen LogP contribution is -2.43. The van der Waals surface area contributed by atoms with Crippen LogP contribution in [0.4, 0.5) is 5.69 Å². The fourth-order valence-corrected chi connectivity index (χ4v) is 5.55. The van der Waals surface area contributed by atoms with Gasteiger partial charge < -0.3 is 5.32 Å². The average molecular weight is 481 g/mol. The summed E-state index contributed by atoms with van der Waals surface area (Å²) in [5.74, 6) is 0.924. The molecule has 33 heavy (non-hydrogen) atoms. The molecule has 2 heterocycles. The molecule has 1 fully saturated rings. The van der Waals surface area contributed by atoms with Crippen LogP contribution in [-0.4, -0.2) is 39.8 Å². The lowest BCUT2D eigenvalue weighted by Gasteiger charge is -2.25. The molecular formula is C25H25ClN4O2S. The van der Waals surface area contributed by atoms with Crippen molar-refractivity contribution in [2.24, 2.45) is 9.98 Å². The van der Waals surface area contributed by atoms with Gasteiger partial charge in [0.1, 0.15) is 11.9 Å². The van der Waals surface area contributed by atoms with Gasteiger partial charge in [-0.1, -0.05) is 66.9 Å². The van der Waals surface area contributed by atoms with E-state index in [1.165, 1.54) is 18.2 Å². The Kier molecular flexibility index (Phi) is 6.51. The van der Waals surface area contributed by atoms with E-state index in [0.717, 1.165) is 42.5 Å². The Morgan fingerprint density at radius 3 is 2.64 bits per heavy atom. The number of amidine groups is 2. The molecule has 0 unspecified atom stereocenters. The topological polar surface area (TPSA) is 74.1 Å². The number of fused-ring (bicyclic) bond motifs is 3. The molecule has 170 valence electrons. The van der Waals surface area contributed by atoms with Crippen LogP contribution in [0.5, 0.6) is 0 Å². The van der Waals surface area contributed by atoms with Crippen molar-refractivity contribution in [1.29, 1.82) is 0 Å². The van der Waals surface area contributed by atoms with Gasteiger partial charge in [0, 0.05) is 22.4 Å². The van der Waals surface area contributed by atoms with Crippen LogP contribution in [0.1, 0.15) is 49.7 Å². The molecule has 3 aliphatic rings. The monoisotopic (exact) mass is 480 g/mol. The molecule has 8 heteroatoms. The molecule has 1 saturated carbocycles. The lowest BCUT2D eigenvalue weighted by atomic mass is 9.95. The fraction of sp³-hybridized carbons (Fsp3) is 0.360. The molecule has 1 aliphatic carbocycles. The third kappa shape index (κ3) is 4.84. The number of rotatable bonds is 5. The highest BCUT2D eigenvalue weighted by molar-refractivity contribution is 8.13. The average Bonchev–Trinajstić information content (AvgIpc) is 3.15. The molecule has 0 bridgehead atoms. The Hall–Kier alpha value is -2.64. The van der Waals surface area contributed by atoms with E-state index in [9.17, 15) is 9.59 Å². The molecule has 1 N–H and O–H groups in total. The van der Waals surface area contributed by atoms with E-state index in [1.54, 1.807) is 4.90 Å². The van der Waals surface area contributed by atoms with Gasteiger partial charge in [-0.25, -0.2) is 9.89 Å². The van der Waals surface area contributed by atoms with Crippen molar-refractivity contribution in [2.45, 2.75) is 56.4 Å². The zero-order chi connectivity index (χ0) is 22.8. The molecular weight excluding hydrogens is 456 g/mol. The number of carbonyl (C=O) groups is 2. The lowest BCUT2D eigenvalue weighted by molar-refractivity contribution is -0.129. The number of hydrogen-bond donors (Lipinski definition) is 1. The molecule has 5 rings (SSSR count). The van der Waals surface area contributed by atoms with E-state index in [4.69, 9.17) is 21.6 Å². The Morgan fingerprint density at radius 1 is 1.09 bits per heavy atom. The Bertz CT molecular complexity index is 1130. The number of hydrogen-bond acceptors (Lipinski definition) is 5. The van der Waals surface area contributed by atoms with Crippen LogP contribution >= 0.6 is 23.4 Å². The van der Waals surface area contributed by atoms with Crippen molar-refractivity contribution in [3.05, 3.63) is 64.7 Å². The summed E-state index contributed by atoms with van der Waals surface area (Å²) < 4.78 is 0. The Labute approximate surface area is 202 Å². The number of benzene rings is 2. The first-order valence-corrected chi connectivity index (χ1v) is 12.7. The Balaban J connectivity index is 1.34. The SMILES string of the molecule is O=C(C[C@@H]1N=C2c3ccccc3N=C(SCc3ccc(Cl)cc3)N2C1=O)NC1CCCCC1. The molecule has 2 amide bonds. The predicted octanol–water partition coefficient (Wildman–Crippen LogP) is 5.07. The number of carbonyl (C=O) groups excluding carboxylic acids is 2. The summed E-state index contributed by atoms with van der Waals surface area (Å²) in [4.78, 5) is 37.1. The summed E-state index contributed by atoms with van der Waals surface area (Å²) in [5.41, 5.74) is 2.68. The fourth-order valence-electron chi connectivity index (χ4n) is 4.47. The summed E-state index contributed by atoms with van der Waals surface area (Å²) >= 11 is 7.48. The van der Waals surface area contributed by atoms with Crippen LogP contribution in [0.15, 0.2) is 58.5 Å². The number of nitrogens with zero attached hydrogens (tertiary/aromatic N) is 3. The summed E-state index contributed by atoms with van der Waals surface area (Å²) in [6.45, 7) is 0. The molecule has 0 spiro atoms. The van der Waals surface area contributed by atoms with Crippen molar-refractivity contribution in [3.63, 3.8) is 0 Å². The molecule has 0 radical (unpaired) electrons. The van der Waals surface area contributed by atoms with Gasteiger partial charge in [-0.3, -0.25) is 14.6 Å². The number of amides is 2. The first-order chi connectivity index (χ1) is 16.1. The van der Waals surface area contributed by atoms with E-state index >= 15 is 0 Å². The number of para-hydroxylation sites is 1. The van der Waals surface area contributed by atoms with Crippen LogP contribution in [0.2, 0.25) is 5.02 Å². The highest BCUT2D eigenvalue weighted by Gasteiger charge is 2.42. The Morgan fingerprint density at radius 2 is 1.85 bits per heavy atom. The van der Waals surface area contributed by atoms with Crippen LogP contribution in [0, 0.1) is 0 Å². The highest BCUT2D eigenvalue weighted by Crippen LogP contribution is 2.35. The zero-order valence-electron chi connectivity index (χ0n) is 18.2. The van der Waals surface area contributed by atoms with E-state index in [1.807, 2.05) is 48.5 Å². The zero-order valence-corrected chi connectivity index (χ0v) is 19.7. The van der Waals surface area contributed by atoms with Gasteiger partial charge in [0.25, 0.3) is 5.91 Å². The predicted molar refractivity (Wildman–Crippen MR) is 133 cm³/mol. The van der Waals surface area contributed by atoms with Crippen molar-refractivity contribution in [3.8, 4) is 0 Å². The minimum Gasteiger partial charge on any atom is -0.353 e. The largest absolute Gasteiger partial charge is 0.353 e. The maximum atomic E-state index is 13.4. The van der Waals surface area contributed by atoms with Gasteiger partial charge in [0.2, 0.25) is 5.91 Å². The number of aliphatic imine (C=N–C) groups is 2. The van der Waals surface area contributed by atoms with Crippen LogP contribution in [0.25, 0.3) is 0 Å². The summed E-state index contributed by atoms with van der Waals surface area (Å²) in [6, 6.07) is 14.8. The van der Waals surface area contributed by atoms with Gasteiger partial charge >= 0.3 is 0 Å². The first-order valence-electron chi connectivity index (χ1n) is 11.3. The third-order valence-corrected chi connectivity index (χ3v) is 7.44. The first kappa shape index (κ1) is 22.2. The summed E-state index contributed by atoms with van der Waals surface area (Å²) in [5, 5.41) is 4.38. The van der Waals surface area contributed by atoms with Crippen molar-refractivity contribution >= 4 is 51.9 Å². The van der Waals surface area contributed by atoms with Crippen LogP contribution < -0.4 is 5.32 Å². The van der Waals surface area contributed by atoms with Gasteiger partial charge in [-0.05, 0) is 42.7 Å². The van der Waals surface area contributed by atoms with Gasteiger partial charge in [0.05, 0.1) is 12.1 Å². The normalized spacial score (nSPS) is 20.1. The third-order valence-electron chi connectivity index (χ3n) is 6.18. The van der Waals surface area contributed by atoms with E-state index in [2.05, 4.69) is 5.32 Å². The van der Waals surface area contributed by atoms with Crippen LogP contribution in [-0.2, 0) is 15.3 Å². The van der Waals surface area contributed by atoms with Gasteiger partial charge in [-0.15, -0.1) is 0 Å².